The van der Waals surface area contributed by atoms with Crippen molar-refractivity contribution >= 4 is 59.9 Å². The number of rotatable bonds is 7. The van der Waals surface area contributed by atoms with Crippen molar-refractivity contribution in [1.29, 1.82) is 0 Å². The van der Waals surface area contributed by atoms with Crippen LogP contribution in [-0.2, 0) is 24.2 Å². The minimum atomic E-state index is -3.38. The van der Waals surface area contributed by atoms with Crippen molar-refractivity contribution in [2.45, 2.75) is 17.7 Å². The highest BCUT2D eigenvalue weighted by molar-refractivity contribution is 7.90. The summed E-state index contributed by atoms with van der Waals surface area (Å²) in [6, 6.07) is 11.2. The van der Waals surface area contributed by atoms with E-state index in [1.54, 1.807) is 41.3 Å². The highest BCUT2D eigenvalue weighted by Crippen LogP contribution is 2.32. The average Bonchev–Trinajstić information content (AvgIpc) is 3.46. The second-order valence-corrected chi connectivity index (χ2v) is 12.0. The third-order valence-electron chi connectivity index (χ3n) is 6.42. The second kappa shape index (κ2) is 10.3. The van der Waals surface area contributed by atoms with Crippen molar-refractivity contribution in [1.82, 2.24) is 9.88 Å². The Morgan fingerprint density at radius 3 is 2.38 bits per heavy atom. The summed E-state index contributed by atoms with van der Waals surface area (Å²) in [5.41, 5.74) is 1.44. The monoisotopic (exact) mass is 542 g/mol. The largest absolute Gasteiger partial charge is 0.379 e. The molecule has 0 aliphatic carbocycles. The molecule has 2 aliphatic rings. The first-order chi connectivity index (χ1) is 17.7. The first-order valence-corrected chi connectivity index (χ1v) is 14.6. The SMILES string of the molecule is CS(=O)(=O)c1ccc2nc(N(CCN3CCOCC3)C(=O)c3ccc(N4C(=O)CCC4=O)cc3)sc2c1. The summed E-state index contributed by atoms with van der Waals surface area (Å²) in [6.45, 7) is 3.81. The van der Waals surface area contributed by atoms with Gasteiger partial charge in [-0.15, -0.1) is 0 Å². The zero-order chi connectivity index (χ0) is 26.2. The van der Waals surface area contributed by atoms with Gasteiger partial charge in [0.05, 0.1) is 34.0 Å². The van der Waals surface area contributed by atoms with Crippen LogP contribution >= 0.6 is 11.3 Å². The van der Waals surface area contributed by atoms with E-state index in [-0.39, 0.29) is 35.5 Å². The number of hydrogen-bond donors (Lipinski definition) is 0. The third-order valence-corrected chi connectivity index (χ3v) is 8.57. The molecule has 3 amide bonds. The molecule has 2 aliphatic heterocycles. The molecule has 3 heterocycles. The minimum Gasteiger partial charge on any atom is -0.379 e. The number of carbonyl (C=O) groups is 3. The van der Waals surface area contributed by atoms with E-state index in [1.807, 2.05) is 0 Å². The van der Waals surface area contributed by atoms with Crippen LogP contribution in [-0.4, -0.2) is 81.7 Å². The van der Waals surface area contributed by atoms with E-state index in [1.165, 1.54) is 17.4 Å². The fraction of sp³-hybridized carbons (Fsp3) is 0.360. The lowest BCUT2D eigenvalue weighted by Gasteiger charge is -2.29. The van der Waals surface area contributed by atoms with E-state index in [9.17, 15) is 22.8 Å². The van der Waals surface area contributed by atoms with Crippen LogP contribution in [0.25, 0.3) is 10.2 Å². The molecule has 12 heteroatoms. The molecule has 2 aromatic carbocycles. The zero-order valence-electron chi connectivity index (χ0n) is 20.3. The van der Waals surface area contributed by atoms with Crippen molar-refractivity contribution in [3.63, 3.8) is 0 Å². The molecule has 2 saturated heterocycles. The quantitative estimate of drug-likeness (QED) is 0.418. The number of benzene rings is 2. The maximum absolute atomic E-state index is 13.7. The Hall–Kier alpha value is -3.19. The maximum Gasteiger partial charge on any atom is 0.260 e. The zero-order valence-corrected chi connectivity index (χ0v) is 21.9. The fourth-order valence-corrected chi connectivity index (χ4v) is 6.11. The molecule has 3 aromatic rings. The van der Waals surface area contributed by atoms with Crippen molar-refractivity contribution in [3.8, 4) is 0 Å². The fourth-order valence-electron chi connectivity index (χ4n) is 4.36. The van der Waals surface area contributed by atoms with E-state index in [0.717, 1.165) is 24.2 Å². The van der Waals surface area contributed by atoms with Crippen LogP contribution in [0.15, 0.2) is 47.4 Å². The van der Waals surface area contributed by atoms with Gasteiger partial charge in [-0.25, -0.2) is 13.4 Å². The molecule has 0 spiro atoms. The van der Waals surface area contributed by atoms with Crippen molar-refractivity contribution in [3.05, 3.63) is 48.0 Å². The molecule has 0 radical (unpaired) electrons. The summed E-state index contributed by atoms with van der Waals surface area (Å²) in [6.07, 6.45) is 1.53. The highest BCUT2D eigenvalue weighted by Gasteiger charge is 2.30. The Morgan fingerprint density at radius 2 is 1.73 bits per heavy atom. The number of ether oxygens (including phenoxy) is 1. The molecule has 0 N–H and O–H groups in total. The molecule has 1 aromatic heterocycles. The summed E-state index contributed by atoms with van der Waals surface area (Å²) in [7, 11) is -3.38. The van der Waals surface area contributed by atoms with Crippen molar-refractivity contribution in [2.24, 2.45) is 0 Å². The van der Waals surface area contributed by atoms with E-state index in [0.29, 0.717) is 52.9 Å². The molecule has 10 nitrogen and oxygen atoms in total. The summed E-state index contributed by atoms with van der Waals surface area (Å²) in [5, 5.41) is 0.466. The number of sulfone groups is 1. The molecular formula is C25H26N4O6S2. The number of carbonyl (C=O) groups excluding carboxylic acids is 3. The number of anilines is 2. The molecule has 5 rings (SSSR count). The standard InChI is InChI=1S/C25H26N4O6S2/c1-37(33,34)19-6-7-20-21(16-19)36-25(26-20)28(11-10-27-12-14-35-15-13-27)24(32)17-2-4-18(5-3-17)29-22(30)8-9-23(29)31/h2-7,16H,8-15H2,1H3. The van der Waals surface area contributed by atoms with Crippen LogP contribution in [0.3, 0.4) is 0 Å². The normalized spacial score (nSPS) is 17.1. The summed E-state index contributed by atoms with van der Waals surface area (Å²) in [5.74, 6) is -0.778. The Morgan fingerprint density at radius 1 is 1.05 bits per heavy atom. The van der Waals surface area contributed by atoms with E-state index < -0.39 is 9.84 Å². The van der Waals surface area contributed by atoms with Crippen LogP contribution in [0.2, 0.25) is 0 Å². The molecule has 0 atom stereocenters. The number of fused-ring (bicyclic) bond motifs is 1. The minimum absolute atomic E-state index is 0.188. The van der Waals surface area contributed by atoms with Gasteiger partial charge in [0, 0.05) is 50.8 Å². The summed E-state index contributed by atoms with van der Waals surface area (Å²) < 4.78 is 30.1. The first kappa shape index (κ1) is 25.5. The Kier molecular flexibility index (Phi) is 7.08. The molecule has 2 fully saturated rings. The lowest BCUT2D eigenvalue weighted by atomic mass is 10.1. The number of amides is 3. The number of imide groups is 1. The second-order valence-electron chi connectivity index (χ2n) is 8.98. The van der Waals surface area contributed by atoms with Gasteiger partial charge in [-0.2, -0.15) is 0 Å². The first-order valence-electron chi connectivity index (χ1n) is 11.9. The maximum atomic E-state index is 13.7. The predicted octanol–water partition coefficient (Wildman–Crippen LogP) is 2.33. The molecule has 0 saturated carbocycles. The molecule has 0 bridgehead atoms. The van der Waals surface area contributed by atoms with Gasteiger partial charge in [-0.3, -0.25) is 29.1 Å². The number of aromatic nitrogens is 1. The van der Waals surface area contributed by atoms with Crippen LogP contribution in [0.1, 0.15) is 23.2 Å². The number of nitrogens with zero attached hydrogens (tertiary/aromatic N) is 4. The lowest BCUT2D eigenvalue weighted by Crippen LogP contribution is -2.43. The third kappa shape index (κ3) is 5.42. The lowest BCUT2D eigenvalue weighted by molar-refractivity contribution is -0.121. The van der Waals surface area contributed by atoms with Crippen LogP contribution in [0.5, 0.6) is 0 Å². The van der Waals surface area contributed by atoms with Gasteiger partial charge in [0.2, 0.25) is 11.8 Å². The molecule has 37 heavy (non-hydrogen) atoms. The van der Waals surface area contributed by atoms with Gasteiger partial charge in [-0.1, -0.05) is 11.3 Å². The van der Waals surface area contributed by atoms with Crippen LogP contribution in [0.4, 0.5) is 10.8 Å². The molecule has 194 valence electrons. The Bertz CT molecular complexity index is 1450. The van der Waals surface area contributed by atoms with E-state index >= 15 is 0 Å². The van der Waals surface area contributed by atoms with Crippen LogP contribution in [0, 0.1) is 0 Å². The summed E-state index contributed by atoms with van der Waals surface area (Å²) >= 11 is 1.26. The van der Waals surface area contributed by atoms with E-state index in [4.69, 9.17) is 4.74 Å². The topological polar surface area (TPSA) is 117 Å². The van der Waals surface area contributed by atoms with Gasteiger partial charge in [-0.05, 0) is 42.5 Å². The van der Waals surface area contributed by atoms with E-state index in [2.05, 4.69) is 9.88 Å². The predicted molar refractivity (Wildman–Crippen MR) is 140 cm³/mol. The summed E-state index contributed by atoms with van der Waals surface area (Å²) in [4.78, 5) is 47.6. The van der Waals surface area contributed by atoms with Gasteiger partial charge >= 0.3 is 0 Å². The average molecular weight is 543 g/mol. The number of morpholine rings is 1. The Labute approximate surface area is 218 Å². The van der Waals surface area contributed by atoms with Gasteiger partial charge in [0.15, 0.2) is 15.0 Å². The smallest absolute Gasteiger partial charge is 0.260 e. The molecular weight excluding hydrogens is 516 g/mol. The number of thiazole rings is 1. The van der Waals surface area contributed by atoms with Crippen molar-refractivity contribution < 1.29 is 27.5 Å². The van der Waals surface area contributed by atoms with Crippen molar-refractivity contribution in [2.75, 3.05) is 55.4 Å². The molecule has 0 unspecified atom stereocenters. The highest BCUT2D eigenvalue weighted by atomic mass is 32.2. The van der Waals surface area contributed by atoms with Gasteiger partial charge in [0.1, 0.15) is 0 Å². The number of hydrogen-bond acceptors (Lipinski definition) is 9. The van der Waals surface area contributed by atoms with Crippen LogP contribution < -0.4 is 9.80 Å². The van der Waals surface area contributed by atoms with Gasteiger partial charge < -0.3 is 4.74 Å². The Balaban J connectivity index is 1.44. The van der Waals surface area contributed by atoms with Gasteiger partial charge in [0.25, 0.3) is 5.91 Å².